The van der Waals surface area contributed by atoms with Crippen LogP contribution in [-0.2, 0) is 22.4 Å². The maximum Gasteiger partial charge on any atom is 0.416 e. The van der Waals surface area contributed by atoms with Crippen molar-refractivity contribution in [3.63, 3.8) is 0 Å². The van der Waals surface area contributed by atoms with Gasteiger partial charge in [-0.1, -0.05) is 24.8 Å². The number of alkyl halides is 6. The topological polar surface area (TPSA) is 37.4 Å². The van der Waals surface area contributed by atoms with Crippen molar-refractivity contribution in [1.82, 2.24) is 2.52 Å². The second-order valence-corrected chi connectivity index (χ2v) is 8.68. The third-order valence-electron chi connectivity index (χ3n) is 3.39. The van der Waals surface area contributed by atoms with E-state index in [1.54, 1.807) is 6.07 Å². The minimum Gasteiger partial charge on any atom is -0.206 e. The number of hydrogen-bond acceptors (Lipinski definition) is 2. The minimum absolute atomic E-state index is 0.0417. The molecule has 0 atom stereocenters. The molecule has 0 aliphatic rings. The molecule has 0 aliphatic heterocycles. The molecule has 2 aromatic carbocycles. The van der Waals surface area contributed by atoms with Gasteiger partial charge >= 0.3 is 12.4 Å². The quantitative estimate of drug-likeness (QED) is 0.293. The van der Waals surface area contributed by atoms with Gasteiger partial charge in [-0.05, 0) is 30.3 Å². The summed E-state index contributed by atoms with van der Waals surface area (Å²) in [7, 11) is -4.23. The average Bonchev–Trinajstić information content (AvgIpc) is 2.59. The van der Waals surface area contributed by atoms with Gasteiger partial charge in [-0.3, -0.25) is 0 Å². The van der Waals surface area contributed by atoms with Crippen LogP contribution in [0, 0.1) is 0 Å². The first-order chi connectivity index (χ1) is 12.2. The van der Waals surface area contributed by atoms with Crippen LogP contribution in [0.15, 0.2) is 60.0 Å². The molecule has 0 radical (unpaired) electrons. The maximum atomic E-state index is 13.0. The van der Waals surface area contributed by atoms with Gasteiger partial charge < -0.3 is 0 Å². The molecule has 27 heavy (non-hydrogen) atoms. The smallest absolute Gasteiger partial charge is 0.206 e. The molecule has 146 valence electrons. The van der Waals surface area contributed by atoms with E-state index in [4.69, 9.17) is 0 Å². The maximum absolute atomic E-state index is 13.0. The molecular weight excluding hydrogens is 511 g/mol. The zero-order chi connectivity index (χ0) is 20.6. The van der Waals surface area contributed by atoms with Crippen LogP contribution in [0.5, 0.6) is 0 Å². The summed E-state index contributed by atoms with van der Waals surface area (Å²) in [5, 5.41) is 0. The molecule has 0 bridgehead atoms. The van der Waals surface area contributed by atoms with Crippen molar-refractivity contribution in [2.24, 2.45) is 0 Å². The Morgan fingerprint density at radius 1 is 0.889 bits per heavy atom. The Balaban J connectivity index is 2.55. The molecule has 0 fully saturated rings. The first-order valence-electron chi connectivity index (χ1n) is 6.99. The number of benzene rings is 2. The predicted molar refractivity (Wildman–Crippen MR) is 95.0 cm³/mol. The van der Waals surface area contributed by atoms with Crippen LogP contribution in [0.2, 0.25) is 0 Å². The summed E-state index contributed by atoms with van der Waals surface area (Å²) in [6.45, 7) is 3.37. The Morgan fingerprint density at radius 2 is 1.33 bits per heavy atom. The third-order valence-corrected chi connectivity index (χ3v) is 7.03. The number of halogens is 7. The second kappa shape index (κ2) is 7.34. The fraction of sp³-hybridized carbons (Fsp3) is 0.125. The Labute approximate surface area is 164 Å². The van der Waals surface area contributed by atoms with Crippen molar-refractivity contribution in [2.45, 2.75) is 17.2 Å². The highest BCUT2D eigenvalue weighted by Gasteiger charge is 2.37. The van der Waals surface area contributed by atoms with Gasteiger partial charge in [0.1, 0.15) is 0 Å². The van der Waals surface area contributed by atoms with Crippen LogP contribution >= 0.6 is 22.9 Å². The van der Waals surface area contributed by atoms with Crippen molar-refractivity contribution in [2.75, 3.05) is 0 Å². The summed E-state index contributed by atoms with van der Waals surface area (Å²) in [5.74, 6) is 0. The molecule has 2 rings (SSSR count). The molecule has 0 N–H and O–H groups in total. The van der Waals surface area contributed by atoms with Gasteiger partial charge in [0.05, 0.1) is 44.6 Å². The fourth-order valence-electron chi connectivity index (χ4n) is 2.05. The first kappa shape index (κ1) is 21.5. The Bertz CT molecular complexity index is 923. The summed E-state index contributed by atoms with van der Waals surface area (Å²) < 4.78 is 103. The number of rotatable bonds is 4. The summed E-state index contributed by atoms with van der Waals surface area (Å²) >= 11 is 1.27. The lowest BCUT2D eigenvalue weighted by atomic mass is 10.0. The number of nitrogens with zero attached hydrogens (tertiary/aromatic N) is 1. The van der Waals surface area contributed by atoms with E-state index < -0.39 is 44.8 Å². The summed E-state index contributed by atoms with van der Waals surface area (Å²) in [6.07, 6.45) is -10.1. The molecule has 0 unspecified atom stereocenters. The monoisotopic (exact) mass is 521 g/mol. The van der Waals surface area contributed by atoms with E-state index in [1.807, 2.05) is 0 Å². The zero-order valence-corrected chi connectivity index (χ0v) is 16.1. The summed E-state index contributed by atoms with van der Waals surface area (Å²) in [4.78, 5) is -0.191. The molecular formula is C16H10F6INO2S. The minimum atomic E-state index is -5.05. The van der Waals surface area contributed by atoms with Crippen molar-refractivity contribution < 1.29 is 34.8 Å². The van der Waals surface area contributed by atoms with Gasteiger partial charge in [-0.25, -0.2) is 10.9 Å². The zero-order valence-electron chi connectivity index (χ0n) is 13.1. The Morgan fingerprint density at radius 3 is 1.74 bits per heavy atom. The van der Waals surface area contributed by atoms with Gasteiger partial charge in [0.2, 0.25) is 0 Å². The van der Waals surface area contributed by atoms with Crippen LogP contribution in [0.3, 0.4) is 0 Å². The highest BCUT2D eigenvalue weighted by Crippen LogP contribution is 2.39. The highest BCUT2D eigenvalue weighted by atomic mass is 127. The molecule has 0 amide bonds. The van der Waals surface area contributed by atoms with E-state index in [2.05, 4.69) is 6.58 Å². The number of sulfonamides is 1. The van der Waals surface area contributed by atoms with Crippen LogP contribution < -0.4 is 0 Å². The Hall–Kier alpha value is -1.76. The van der Waals surface area contributed by atoms with E-state index in [0.29, 0.717) is 14.7 Å². The second-order valence-electron chi connectivity index (χ2n) is 5.27. The lowest BCUT2D eigenvalue weighted by Gasteiger charge is -2.21. The lowest BCUT2D eigenvalue weighted by molar-refractivity contribution is -0.143. The number of hydrogen-bond donors (Lipinski definition) is 0. The molecule has 0 saturated carbocycles. The molecule has 3 nitrogen and oxygen atoms in total. The van der Waals surface area contributed by atoms with Crippen molar-refractivity contribution >= 4 is 38.6 Å². The first-order valence-corrected chi connectivity index (χ1v) is 9.40. The third kappa shape index (κ3) is 4.75. The van der Waals surface area contributed by atoms with Gasteiger partial charge in [-0.15, -0.1) is 0 Å². The normalized spacial score (nSPS) is 12.7. The van der Waals surface area contributed by atoms with Crippen molar-refractivity contribution in [1.29, 1.82) is 0 Å². The summed E-state index contributed by atoms with van der Waals surface area (Å²) in [6, 6.07) is 7.67. The van der Waals surface area contributed by atoms with Gasteiger partial charge in [-0.2, -0.15) is 26.3 Å². The highest BCUT2D eigenvalue weighted by molar-refractivity contribution is 14.1. The molecule has 0 aliphatic carbocycles. The van der Waals surface area contributed by atoms with E-state index >= 15 is 0 Å². The average molecular weight is 521 g/mol. The Kier molecular flexibility index (Phi) is 5.85. The SMILES string of the molecule is C=C(c1cc(C(F)(F)F)cc(C(F)(F)F)c1)N(I)S(=O)(=O)c1ccccc1. The predicted octanol–water partition coefficient (Wildman–Crippen LogP) is 5.74. The van der Waals surface area contributed by atoms with Crippen LogP contribution in [0.25, 0.3) is 5.70 Å². The molecule has 0 spiro atoms. The standard InChI is InChI=1S/C16H10F6INO2S/c1-10(24(23)27(25,26)14-5-3-2-4-6-14)11-7-12(15(17,18)19)9-13(8-11)16(20,21)22/h2-9H,1H2. The van der Waals surface area contributed by atoms with Crippen LogP contribution in [0.1, 0.15) is 16.7 Å². The van der Waals surface area contributed by atoms with E-state index in [1.165, 1.54) is 47.1 Å². The molecule has 0 aromatic heterocycles. The van der Waals surface area contributed by atoms with Crippen molar-refractivity contribution in [3.05, 3.63) is 71.8 Å². The molecule has 0 saturated heterocycles. The van der Waals surface area contributed by atoms with Crippen LogP contribution in [0.4, 0.5) is 26.3 Å². The van der Waals surface area contributed by atoms with Gasteiger partial charge in [0.15, 0.2) is 0 Å². The molecule has 11 heteroatoms. The largest absolute Gasteiger partial charge is 0.416 e. The van der Waals surface area contributed by atoms with Crippen molar-refractivity contribution in [3.8, 4) is 0 Å². The van der Waals surface area contributed by atoms with Gasteiger partial charge in [0.25, 0.3) is 10.0 Å². The fourth-order valence-corrected chi connectivity index (χ4v) is 4.10. The lowest BCUT2D eigenvalue weighted by Crippen LogP contribution is -2.20. The van der Waals surface area contributed by atoms with Gasteiger partial charge in [0, 0.05) is 5.56 Å². The van der Waals surface area contributed by atoms with Crippen LogP contribution in [-0.4, -0.2) is 10.9 Å². The molecule has 2 aromatic rings. The summed E-state index contributed by atoms with van der Waals surface area (Å²) in [5.41, 5.74) is -4.28. The van der Waals surface area contributed by atoms with E-state index in [-0.39, 0.29) is 11.0 Å². The van der Waals surface area contributed by atoms with E-state index in [0.717, 1.165) is 0 Å². The molecule has 0 heterocycles. The van der Waals surface area contributed by atoms with E-state index in [9.17, 15) is 34.8 Å².